The second kappa shape index (κ2) is 13.5. The van der Waals surface area contributed by atoms with Crippen LogP contribution >= 0.6 is 40.1 Å². The van der Waals surface area contributed by atoms with Crippen molar-refractivity contribution in [3.8, 4) is 0 Å². The maximum absolute atomic E-state index is 12.9. The molecule has 0 atom stereocenters. The van der Waals surface area contributed by atoms with Gasteiger partial charge >= 0.3 is 11.7 Å². The Morgan fingerprint density at radius 3 is 2.00 bits per heavy atom. The van der Waals surface area contributed by atoms with Gasteiger partial charge in [0.2, 0.25) is 0 Å². The molecule has 1 aliphatic rings. The van der Waals surface area contributed by atoms with E-state index >= 15 is 0 Å². The molecule has 1 heterocycles. The molecule has 3 aromatic rings. The lowest BCUT2D eigenvalue weighted by Gasteiger charge is -2.16. The maximum Gasteiger partial charge on any atom is 0.387 e. The molecule has 7 nitrogen and oxygen atoms in total. The first-order valence-corrected chi connectivity index (χ1v) is 15.3. The zero-order chi connectivity index (χ0) is 25.1. The summed E-state index contributed by atoms with van der Waals surface area (Å²) in [5.74, 6) is -3.40. The van der Waals surface area contributed by atoms with Crippen molar-refractivity contribution in [1.29, 1.82) is 0 Å². The summed E-state index contributed by atoms with van der Waals surface area (Å²) in [4.78, 5) is 17.5. The van der Waals surface area contributed by atoms with E-state index in [0.717, 1.165) is 9.79 Å². The zero-order valence-corrected chi connectivity index (χ0v) is 22.2. The molecule has 0 unspecified atom stereocenters. The van der Waals surface area contributed by atoms with Gasteiger partial charge < -0.3 is 9.36 Å². The Morgan fingerprint density at radius 1 is 0.971 bits per heavy atom. The van der Waals surface area contributed by atoms with Gasteiger partial charge in [-0.05, 0) is 73.0 Å². The molecule has 0 aromatic heterocycles. The minimum absolute atomic E-state index is 0.153. The Hall–Kier alpha value is -2.55. The van der Waals surface area contributed by atoms with Crippen LogP contribution in [0.15, 0.2) is 105 Å². The van der Waals surface area contributed by atoms with Crippen molar-refractivity contribution in [3.63, 3.8) is 0 Å². The first-order chi connectivity index (χ1) is 16.9. The van der Waals surface area contributed by atoms with Crippen molar-refractivity contribution in [2.24, 2.45) is 10.3 Å². The van der Waals surface area contributed by atoms with Crippen molar-refractivity contribution in [2.45, 2.75) is 23.6 Å². The van der Waals surface area contributed by atoms with E-state index in [9.17, 15) is 9.36 Å². The maximum atomic E-state index is 12.9. The van der Waals surface area contributed by atoms with Crippen molar-refractivity contribution in [2.75, 3.05) is 12.0 Å². The summed E-state index contributed by atoms with van der Waals surface area (Å²) in [6.45, 7) is 3.94. The van der Waals surface area contributed by atoms with E-state index < -0.39 is 11.7 Å². The zero-order valence-electron chi connectivity index (χ0n) is 19.0. The van der Waals surface area contributed by atoms with Crippen LogP contribution in [0, 0.1) is 0 Å². The molecular weight excluding hydrogens is 525 g/mol. The third-order valence-electron chi connectivity index (χ3n) is 4.17. The summed E-state index contributed by atoms with van der Waals surface area (Å²) in [6, 6.07) is 26.5. The molecule has 0 saturated carbocycles. The Bertz CT molecular complexity index is 1200. The van der Waals surface area contributed by atoms with E-state index in [1.165, 1.54) is 22.8 Å². The first-order valence-electron chi connectivity index (χ1n) is 10.5. The Morgan fingerprint density at radius 2 is 1.51 bits per heavy atom. The number of hydrogen-bond acceptors (Lipinski definition) is 9. The lowest BCUT2D eigenvalue weighted by Crippen LogP contribution is -2.17. The highest BCUT2D eigenvalue weighted by molar-refractivity contribution is 8.89. The summed E-state index contributed by atoms with van der Waals surface area (Å²) in [5.41, 5.74) is 3.89. The van der Waals surface area contributed by atoms with Crippen LogP contribution in [0.1, 0.15) is 13.8 Å². The molecule has 182 valence electrons. The summed E-state index contributed by atoms with van der Waals surface area (Å²) in [7, 11) is 0. The smallest absolute Gasteiger partial charge is 0.313 e. The van der Waals surface area contributed by atoms with Gasteiger partial charge in [-0.2, -0.15) is 5.10 Å². The second-order valence-electron chi connectivity index (χ2n) is 6.78. The third-order valence-corrected chi connectivity index (χ3v) is 11.1. The van der Waals surface area contributed by atoms with Crippen molar-refractivity contribution in [3.05, 3.63) is 90.0 Å². The third kappa shape index (κ3) is 8.56. The first kappa shape index (κ1) is 27.0. The van der Waals surface area contributed by atoms with Crippen molar-refractivity contribution >= 4 is 63.2 Å². The number of carbonyl (C=O) groups excluding carboxylic acids is 1. The fraction of sp³-hybridized carbons (Fsp3) is 0.125. The quantitative estimate of drug-likeness (QED) is 0.175. The fourth-order valence-electron chi connectivity index (χ4n) is 2.59. The highest BCUT2D eigenvalue weighted by Gasteiger charge is 2.26. The van der Waals surface area contributed by atoms with Gasteiger partial charge in [0, 0.05) is 9.79 Å². The van der Waals surface area contributed by atoms with Crippen LogP contribution in [0.4, 0.5) is 5.69 Å². The molecular formula is C24H23ClN3O4PS2. The summed E-state index contributed by atoms with van der Waals surface area (Å²) >= 11 is 8.52. The number of oxime groups is 1. The number of nitrogens with zero attached hydrogens (tertiary/aromatic N) is 2. The number of benzene rings is 3. The molecule has 1 aliphatic heterocycles. The van der Waals surface area contributed by atoms with Crippen LogP contribution in [0.25, 0.3) is 0 Å². The van der Waals surface area contributed by atoms with Gasteiger partial charge in [-0.3, -0.25) is 9.99 Å². The fourth-order valence-corrected chi connectivity index (χ4v) is 9.52. The monoisotopic (exact) mass is 547 g/mol. The van der Waals surface area contributed by atoms with Crippen LogP contribution < -0.4 is 5.43 Å². The molecule has 0 fully saturated rings. The van der Waals surface area contributed by atoms with E-state index in [2.05, 4.69) is 20.5 Å². The topological polar surface area (TPSA) is 89.3 Å². The predicted molar refractivity (Wildman–Crippen MR) is 146 cm³/mol. The number of hydrogen-bond donors (Lipinski definition) is 1. The minimum Gasteiger partial charge on any atom is -0.313 e. The molecule has 11 heteroatoms. The van der Waals surface area contributed by atoms with Crippen LogP contribution in [0.2, 0.25) is 5.02 Å². The summed E-state index contributed by atoms with van der Waals surface area (Å²) < 4.78 is 18.4. The molecule has 0 amide bonds. The van der Waals surface area contributed by atoms with E-state index in [0.29, 0.717) is 23.0 Å². The summed E-state index contributed by atoms with van der Waals surface area (Å²) in [5, 5.41) is 7.91. The Balaban J connectivity index is 0.000000198. The van der Waals surface area contributed by atoms with Gasteiger partial charge in [0.1, 0.15) is 5.71 Å². The number of nitrogens with one attached hydrogen (secondary N) is 1. The molecule has 0 saturated heterocycles. The van der Waals surface area contributed by atoms with Crippen LogP contribution in [-0.4, -0.2) is 24.0 Å². The average molecular weight is 548 g/mol. The van der Waals surface area contributed by atoms with Crippen LogP contribution in [0.3, 0.4) is 0 Å². The van der Waals surface area contributed by atoms with Gasteiger partial charge in [-0.1, -0.05) is 65.3 Å². The number of carbonyl (C=O) groups is 1. The molecule has 1 N–H and O–H groups in total. The van der Waals surface area contributed by atoms with E-state index in [-0.39, 0.29) is 5.71 Å². The molecule has 4 rings (SSSR count). The highest BCUT2D eigenvalue weighted by Crippen LogP contribution is 2.73. The molecule has 35 heavy (non-hydrogen) atoms. The SMILES string of the molecule is CC1=NOC(=O)/C1=N/Nc1ccccc1Cl.CCOP(=O)(Sc1ccccc1)Sc1ccccc1. The van der Waals surface area contributed by atoms with Gasteiger partial charge in [0.05, 0.1) is 17.3 Å². The van der Waals surface area contributed by atoms with Crippen molar-refractivity contribution in [1.82, 2.24) is 0 Å². The molecule has 0 spiro atoms. The van der Waals surface area contributed by atoms with Gasteiger partial charge in [0.15, 0.2) is 5.71 Å². The number of rotatable bonds is 8. The number of para-hydroxylation sites is 1. The van der Waals surface area contributed by atoms with Gasteiger partial charge in [0.25, 0.3) is 0 Å². The standard InChI is InChI=1S/C14H15O2PS2.C10H8ClN3O2/c1-2-16-17(15,18-13-9-5-3-6-10-13)19-14-11-7-4-8-12-14;1-6-9(10(15)16-14-6)13-12-8-5-3-2-4-7(8)11/h3-12H,2H2,1H3;2-5,12H,1H3/b;13-9+. The summed E-state index contributed by atoms with van der Waals surface area (Å²) in [6.07, 6.45) is 0. The Kier molecular flexibility index (Phi) is 10.4. The molecule has 0 bridgehead atoms. The average Bonchev–Trinajstić information content (AvgIpc) is 3.17. The minimum atomic E-state index is -2.83. The lowest BCUT2D eigenvalue weighted by atomic mass is 10.3. The molecule has 0 aliphatic carbocycles. The molecule has 0 radical (unpaired) electrons. The normalized spacial score (nSPS) is 14.1. The number of hydrazone groups is 1. The van der Waals surface area contributed by atoms with Crippen molar-refractivity contribution < 1.29 is 18.7 Å². The van der Waals surface area contributed by atoms with Crippen LogP contribution in [-0.2, 0) is 18.7 Å². The number of halogens is 1. The van der Waals surface area contributed by atoms with E-state index in [1.807, 2.05) is 73.7 Å². The lowest BCUT2D eigenvalue weighted by molar-refractivity contribution is -0.134. The van der Waals surface area contributed by atoms with E-state index in [4.69, 9.17) is 16.1 Å². The van der Waals surface area contributed by atoms with Crippen LogP contribution in [0.5, 0.6) is 0 Å². The van der Waals surface area contributed by atoms with Gasteiger partial charge in [-0.25, -0.2) is 4.79 Å². The second-order valence-corrected chi connectivity index (χ2v) is 14.3. The Labute approximate surface area is 217 Å². The molecule has 3 aromatic carbocycles. The van der Waals surface area contributed by atoms with Gasteiger partial charge in [-0.15, -0.1) is 0 Å². The largest absolute Gasteiger partial charge is 0.387 e. The van der Waals surface area contributed by atoms with E-state index in [1.54, 1.807) is 25.1 Å². The predicted octanol–water partition coefficient (Wildman–Crippen LogP) is 7.76. The number of anilines is 1. The highest BCUT2D eigenvalue weighted by atomic mass is 35.5.